The van der Waals surface area contributed by atoms with Crippen LogP contribution in [0.5, 0.6) is 0 Å². The van der Waals surface area contributed by atoms with Crippen LogP contribution in [0.3, 0.4) is 0 Å². The van der Waals surface area contributed by atoms with Crippen LogP contribution in [0.4, 0.5) is 0 Å². The van der Waals surface area contributed by atoms with Crippen molar-refractivity contribution in [2.75, 3.05) is 26.2 Å². The Kier molecular flexibility index (Phi) is 4.98. The first-order valence-corrected chi connectivity index (χ1v) is 10.0. The summed E-state index contributed by atoms with van der Waals surface area (Å²) in [4.78, 5) is 14.7. The van der Waals surface area contributed by atoms with Gasteiger partial charge in [-0.3, -0.25) is 4.79 Å². The minimum Gasteiger partial charge on any atom is -0.345 e. The zero-order valence-electron chi connectivity index (χ0n) is 14.1. The van der Waals surface area contributed by atoms with E-state index in [9.17, 15) is 13.2 Å². The number of carbonyl (C=O) groups is 1. The average Bonchev–Trinajstić information content (AvgIpc) is 2.97. The van der Waals surface area contributed by atoms with Crippen LogP contribution in [0.1, 0.15) is 42.6 Å². The number of piperidine rings is 2. The number of hydrogen-bond donors (Lipinski definition) is 1. The van der Waals surface area contributed by atoms with Gasteiger partial charge < -0.3 is 15.2 Å². The van der Waals surface area contributed by atoms with Crippen molar-refractivity contribution < 1.29 is 13.2 Å². The first-order valence-electron chi connectivity index (χ1n) is 8.61. The second kappa shape index (κ2) is 6.85. The Morgan fingerprint density at radius 1 is 1.17 bits per heavy atom. The molecule has 1 amide bonds. The molecule has 0 spiro atoms. The molecule has 3 rings (SSSR count). The summed E-state index contributed by atoms with van der Waals surface area (Å²) in [5.41, 5.74) is 6.35. The summed E-state index contributed by atoms with van der Waals surface area (Å²) in [6.45, 7) is 2.31. The molecular weight excluding hydrogens is 328 g/mol. The van der Waals surface area contributed by atoms with Crippen LogP contribution in [0, 0.1) is 0 Å². The number of aryl methyl sites for hydroxylation is 1. The van der Waals surface area contributed by atoms with Crippen molar-refractivity contribution >= 4 is 15.9 Å². The highest BCUT2D eigenvalue weighted by molar-refractivity contribution is 7.89. The molecule has 2 aliphatic heterocycles. The van der Waals surface area contributed by atoms with Crippen molar-refractivity contribution in [1.82, 2.24) is 13.8 Å². The first kappa shape index (κ1) is 17.4. The Hall–Kier alpha value is -1.38. The van der Waals surface area contributed by atoms with Gasteiger partial charge in [-0.1, -0.05) is 6.42 Å². The summed E-state index contributed by atoms with van der Waals surface area (Å²) in [6.07, 6.45) is 6.20. The third-order valence-corrected chi connectivity index (χ3v) is 6.76. The van der Waals surface area contributed by atoms with Crippen LogP contribution in [-0.4, -0.2) is 60.3 Å². The highest BCUT2D eigenvalue weighted by Gasteiger charge is 2.30. The van der Waals surface area contributed by atoms with Crippen LogP contribution >= 0.6 is 0 Å². The van der Waals surface area contributed by atoms with Crippen molar-refractivity contribution in [2.45, 2.75) is 43.0 Å². The number of likely N-dealkylation sites (tertiary alicyclic amines) is 1. The van der Waals surface area contributed by atoms with Crippen molar-refractivity contribution in [2.24, 2.45) is 12.8 Å². The molecule has 1 atom stereocenters. The molecular formula is C16H26N4O3S. The summed E-state index contributed by atoms with van der Waals surface area (Å²) in [5, 5.41) is 0. The summed E-state index contributed by atoms with van der Waals surface area (Å²) in [5.74, 6) is -0.146. The maximum atomic E-state index is 12.8. The number of nitrogens with two attached hydrogens (primary N) is 1. The molecule has 2 fully saturated rings. The smallest absolute Gasteiger partial charge is 0.270 e. The molecule has 2 aliphatic rings. The van der Waals surface area contributed by atoms with E-state index in [4.69, 9.17) is 5.73 Å². The van der Waals surface area contributed by atoms with Gasteiger partial charge in [0, 0.05) is 45.5 Å². The molecule has 2 N–H and O–H groups in total. The molecule has 1 aromatic rings. The number of amides is 1. The predicted molar refractivity (Wildman–Crippen MR) is 91.1 cm³/mol. The van der Waals surface area contributed by atoms with Gasteiger partial charge >= 0.3 is 0 Å². The van der Waals surface area contributed by atoms with Crippen molar-refractivity contribution in [3.8, 4) is 0 Å². The number of sulfonamides is 1. The van der Waals surface area contributed by atoms with Crippen LogP contribution in [-0.2, 0) is 17.1 Å². The third kappa shape index (κ3) is 3.36. The van der Waals surface area contributed by atoms with E-state index in [-0.39, 0.29) is 16.8 Å². The number of nitrogens with zero attached hydrogens (tertiary/aromatic N) is 3. The van der Waals surface area contributed by atoms with Gasteiger partial charge in [-0.15, -0.1) is 0 Å². The molecule has 7 nitrogen and oxygen atoms in total. The SMILES string of the molecule is Cn1cc(S(=O)(=O)N2CCCCC2)cc1C(=O)N1CCCC(N)C1. The third-order valence-electron chi connectivity index (χ3n) is 4.90. The van der Waals surface area contributed by atoms with Gasteiger partial charge in [0.15, 0.2) is 0 Å². The van der Waals surface area contributed by atoms with E-state index in [1.165, 1.54) is 10.4 Å². The molecule has 0 saturated carbocycles. The lowest BCUT2D eigenvalue weighted by atomic mass is 10.1. The Morgan fingerprint density at radius 2 is 1.88 bits per heavy atom. The average molecular weight is 354 g/mol. The monoisotopic (exact) mass is 354 g/mol. The summed E-state index contributed by atoms with van der Waals surface area (Å²) in [7, 11) is -1.81. The molecule has 1 aromatic heterocycles. The topological polar surface area (TPSA) is 88.6 Å². The van der Waals surface area contributed by atoms with Gasteiger partial charge in [-0.25, -0.2) is 8.42 Å². The molecule has 0 aliphatic carbocycles. The normalized spacial score (nSPS) is 23.4. The molecule has 0 aromatic carbocycles. The zero-order valence-corrected chi connectivity index (χ0v) is 15.0. The Labute approximate surface area is 143 Å². The standard InChI is InChI=1S/C16H26N4O3S/c1-18-12-14(24(22,23)20-8-3-2-4-9-20)10-15(18)16(21)19-7-5-6-13(17)11-19/h10,12-13H,2-9,11,17H2,1H3. The highest BCUT2D eigenvalue weighted by atomic mass is 32.2. The molecule has 3 heterocycles. The lowest BCUT2D eigenvalue weighted by Gasteiger charge is -2.30. The number of rotatable bonds is 3. The molecule has 8 heteroatoms. The summed E-state index contributed by atoms with van der Waals surface area (Å²) in [6, 6.07) is 1.51. The van der Waals surface area contributed by atoms with E-state index in [1.807, 2.05) is 0 Å². The van der Waals surface area contributed by atoms with Gasteiger partial charge in [0.25, 0.3) is 5.91 Å². The zero-order chi connectivity index (χ0) is 17.3. The van der Waals surface area contributed by atoms with E-state index in [0.29, 0.717) is 31.9 Å². The van der Waals surface area contributed by atoms with Crippen LogP contribution < -0.4 is 5.73 Å². The second-order valence-corrected chi connectivity index (χ2v) is 8.73. The van der Waals surface area contributed by atoms with Crippen molar-refractivity contribution in [3.05, 3.63) is 18.0 Å². The Bertz CT molecular complexity index is 707. The quantitative estimate of drug-likeness (QED) is 0.868. The van der Waals surface area contributed by atoms with Crippen molar-refractivity contribution in [3.63, 3.8) is 0 Å². The first-order chi connectivity index (χ1) is 11.4. The van der Waals surface area contributed by atoms with Gasteiger partial charge in [-0.05, 0) is 31.7 Å². The molecule has 0 bridgehead atoms. The van der Waals surface area contributed by atoms with E-state index < -0.39 is 10.0 Å². The molecule has 0 radical (unpaired) electrons. The minimum atomic E-state index is -3.52. The van der Waals surface area contributed by atoms with Gasteiger partial charge in [0.05, 0.1) is 0 Å². The Morgan fingerprint density at radius 3 is 2.54 bits per heavy atom. The van der Waals surface area contributed by atoms with Crippen molar-refractivity contribution in [1.29, 1.82) is 0 Å². The van der Waals surface area contributed by atoms with Gasteiger partial charge in [0.2, 0.25) is 10.0 Å². The van der Waals surface area contributed by atoms with E-state index in [0.717, 1.165) is 32.1 Å². The fraction of sp³-hybridized carbons (Fsp3) is 0.688. The van der Waals surface area contributed by atoms with Crippen LogP contribution in [0.2, 0.25) is 0 Å². The van der Waals surface area contributed by atoms with Crippen LogP contribution in [0.15, 0.2) is 17.2 Å². The lowest BCUT2D eigenvalue weighted by molar-refractivity contribution is 0.0699. The van der Waals surface area contributed by atoms with E-state index in [1.54, 1.807) is 22.7 Å². The number of carbonyl (C=O) groups excluding carboxylic acids is 1. The van der Waals surface area contributed by atoms with E-state index >= 15 is 0 Å². The number of aromatic nitrogens is 1. The second-order valence-electron chi connectivity index (χ2n) is 6.79. The fourth-order valence-electron chi connectivity index (χ4n) is 3.50. The molecule has 1 unspecified atom stereocenters. The summed E-state index contributed by atoms with van der Waals surface area (Å²) >= 11 is 0. The van der Waals surface area contributed by atoms with E-state index in [2.05, 4.69) is 0 Å². The lowest BCUT2D eigenvalue weighted by Crippen LogP contribution is -2.46. The minimum absolute atomic E-state index is 0.000443. The maximum absolute atomic E-state index is 12.8. The van der Waals surface area contributed by atoms with Gasteiger partial charge in [-0.2, -0.15) is 4.31 Å². The summed E-state index contributed by atoms with van der Waals surface area (Å²) < 4.78 is 28.7. The van der Waals surface area contributed by atoms with Crippen LogP contribution in [0.25, 0.3) is 0 Å². The Balaban J connectivity index is 1.83. The number of hydrogen-bond acceptors (Lipinski definition) is 4. The highest BCUT2D eigenvalue weighted by Crippen LogP contribution is 2.23. The van der Waals surface area contributed by atoms with Gasteiger partial charge in [0.1, 0.15) is 10.6 Å². The molecule has 134 valence electrons. The molecule has 24 heavy (non-hydrogen) atoms. The maximum Gasteiger partial charge on any atom is 0.270 e. The predicted octanol–water partition coefficient (Wildman–Crippen LogP) is 0.763. The molecule has 2 saturated heterocycles. The fourth-order valence-corrected chi connectivity index (χ4v) is 5.09. The largest absolute Gasteiger partial charge is 0.345 e.